The minimum atomic E-state index is -3.37. The van der Waals surface area contributed by atoms with Crippen LogP contribution in [0.15, 0.2) is 29.2 Å². The number of aliphatic hydroxyl groups is 1. The van der Waals surface area contributed by atoms with Crippen LogP contribution in [-0.2, 0) is 9.84 Å². The minimum absolute atomic E-state index is 0.0858. The third kappa shape index (κ3) is 3.81. The topological polar surface area (TPSA) is 69.6 Å². The third-order valence-electron chi connectivity index (χ3n) is 3.75. The molecule has 2 N–H and O–H groups in total. The molecule has 8 heteroatoms. The number of halogens is 2. The molecule has 0 saturated carbocycles. The average Bonchev–Trinajstić information content (AvgIpc) is 2.48. The van der Waals surface area contributed by atoms with Gasteiger partial charge in [-0.3, -0.25) is 4.90 Å². The molecule has 2 rings (SSSR count). The quantitative estimate of drug-likeness (QED) is 0.828. The van der Waals surface area contributed by atoms with Crippen molar-refractivity contribution in [2.75, 3.05) is 39.0 Å². The Morgan fingerprint density at radius 1 is 1.27 bits per heavy atom. The summed E-state index contributed by atoms with van der Waals surface area (Å²) in [6.07, 6.45) is 1.07. The number of rotatable bonds is 5. The molecule has 1 saturated heterocycles. The van der Waals surface area contributed by atoms with E-state index in [1.54, 1.807) is 4.90 Å². The van der Waals surface area contributed by atoms with E-state index in [1.165, 1.54) is 24.3 Å². The average molecular weight is 334 g/mol. The van der Waals surface area contributed by atoms with Gasteiger partial charge in [-0.1, -0.05) is 12.1 Å². The van der Waals surface area contributed by atoms with Crippen molar-refractivity contribution in [3.05, 3.63) is 29.8 Å². The van der Waals surface area contributed by atoms with E-state index in [2.05, 4.69) is 5.32 Å². The molecule has 1 heterocycles. The zero-order chi connectivity index (χ0) is 16.4. The molecule has 0 unspecified atom stereocenters. The highest BCUT2D eigenvalue weighted by atomic mass is 32.2. The van der Waals surface area contributed by atoms with Gasteiger partial charge in [0.15, 0.2) is 9.84 Å². The second kappa shape index (κ2) is 6.57. The van der Waals surface area contributed by atoms with Gasteiger partial charge in [0.25, 0.3) is 5.92 Å². The maximum absolute atomic E-state index is 14.2. The van der Waals surface area contributed by atoms with E-state index in [1.807, 2.05) is 0 Å². The number of nitrogens with zero attached hydrogens (tertiary/aromatic N) is 1. The Morgan fingerprint density at radius 3 is 2.27 bits per heavy atom. The van der Waals surface area contributed by atoms with Gasteiger partial charge in [0, 0.05) is 32.4 Å². The van der Waals surface area contributed by atoms with Crippen molar-refractivity contribution in [3.63, 3.8) is 0 Å². The number of hydrogen-bond donors (Lipinski definition) is 2. The fourth-order valence-corrected chi connectivity index (χ4v) is 3.28. The number of sulfone groups is 1. The lowest BCUT2D eigenvalue weighted by Crippen LogP contribution is -2.51. The van der Waals surface area contributed by atoms with Crippen molar-refractivity contribution in [1.82, 2.24) is 10.2 Å². The fraction of sp³-hybridized carbons (Fsp3) is 0.571. The second-order valence-corrected chi connectivity index (χ2v) is 7.46. The van der Waals surface area contributed by atoms with Crippen molar-refractivity contribution in [3.8, 4) is 0 Å². The molecular formula is C14H20F2N2O3S. The van der Waals surface area contributed by atoms with Gasteiger partial charge >= 0.3 is 0 Å². The molecule has 1 aliphatic rings. The third-order valence-corrected chi connectivity index (χ3v) is 4.88. The van der Waals surface area contributed by atoms with E-state index in [-0.39, 0.29) is 4.90 Å². The smallest absolute Gasteiger partial charge is 0.289 e. The molecule has 0 aromatic heterocycles. The fourth-order valence-electron chi connectivity index (χ4n) is 2.65. The highest BCUT2D eigenvalue weighted by Gasteiger charge is 2.44. The van der Waals surface area contributed by atoms with E-state index in [0.717, 1.165) is 6.26 Å². The number of hydrogen-bond acceptors (Lipinski definition) is 5. The zero-order valence-corrected chi connectivity index (χ0v) is 13.1. The van der Waals surface area contributed by atoms with E-state index < -0.39 is 28.4 Å². The number of nitrogens with one attached hydrogen (secondary N) is 1. The number of aliphatic hydroxyl groups excluding tert-OH is 1. The summed E-state index contributed by atoms with van der Waals surface area (Å²) in [4.78, 5) is 1.70. The summed E-state index contributed by atoms with van der Waals surface area (Å²) >= 11 is 0. The molecular weight excluding hydrogens is 314 g/mol. The highest BCUT2D eigenvalue weighted by molar-refractivity contribution is 7.90. The van der Waals surface area contributed by atoms with Crippen LogP contribution in [-0.4, -0.2) is 63.4 Å². The number of piperazine rings is 1. The van der Waals surface area contributed by atoms with Crippen LogP contribution < -0.4 is 5.32 Å². The summed E-state index contributed by atoms with van der Waals surface area (Å²) in [6.45, 7) is 0.816. The van der Waals surface area contributed by atoms with Gasteiger partial charge in [-0.25, -0.2) is 17.2 Å². The summed E-state index contributed by atoms with van der Waals surface area (Å²) < 4.78 is 51.3. The molecule has 0 spiro atoms. The van der Waals surface area contributed by atoms with Crippen LogP contribution >= 0.6 is 0 Å². The first-order valence-electron chi connectivity index (χ1n) is 6.99. The molecule has 5 nitrogen and oxygen atoms in total. The Balaban J connectivity index is 2.36. The first-order valence-corrected chi connectivity index (χ1v) is 8.88. The van der Waals surface area contributed by atoms with E-state index in [4.69, 9.17) is 5.11 Å². The standard InChI is InChI=1S/C14H20F2N2O3S/c1-22(20,21)12-4-2-11(3-5-12)13(14(15,16)10-19)18-8-6-17-7-9-18/h2-5,13,17,19H,6-10H2,1H3/t13-/m1/s1. The SMILES string of the molecule is CS(=O)(=O)c1ccc([C@@H](N2CCNCC2)C(F)(F)CO)cc1. The van der Waals surface area contributed by atoms with Crippen LogP contribution in [0.3, 0.4) is 0 Å². The van der Waals surface area contributed by atoms with Gasteiger partial charge in [0.2, 0.25) is 0 Å². The Hall–Kier alpha value is -1.09. The minimum Gasteiger partial charge on any atom is -0.390 e. The van der Waals surface area contributed by atoms with Crippen molar-refractivity contribution in [2.24, 2.45) is 0 Å². The Morgan fingerprint density at radius 2 is 1.82 bits per heavy atom. The molecule has 124 valence electrons. The summed E-state index contributed by atoms with van der Waals surface area (Å²) in [6, 6.07) is 4.17. The van der Waals surface area contributed by atoms with Crippen molar-refractivity contribution >= 4 is 9.84 Å². The first-order chi connectivity index (χ1) is 10.3. The lowest BCUT2D eigenvalue weighted by Gasteiger charge is -2.38. The molecule has 1 aromatic rings. The monoisotopic (exact) mass is 334 g/mol. The van der Waals surface area contributed by atoms with Gasteiger partial charge in [0.05, 0.1) is 4.90 Å². The van der Waals surface area contributed by atoms with Gasteiger partial charge in [-0.15, -0.1) is 0 Å². The molecule has 1 aromatic carbocycles. The predicted molar refractivity (Wildman–Crippen MR) is 78.8 cm³/mol. The van der Waals surface area contributed by atoms with Crippen LogP contribution in [0.2, 0.25) is 0 Å². The molecule has 1 fully saturated rings. The summed E-state index contributed by atoms with van der Waals surface area (Å²) in [5.41, 5.74) is 0.299. The van der Waals surface area contributed by atoms with Gasteiger partial charge < -0.3 is 10.4 Å². The van der Waals surface area contributed by atoms with Crippen LogP contribution in [0, 0.1) is 0 Å². The van der Waals surface area contributed by atoms with Crippen molar-refractivity contribution < 1.29 is 22.3 Å². The number of alkyl halides is 2. The Kier molecular flexibility index (Phi) is 5.16. The highest BCUT2D eigenvalue weighted by Crippen LogP contribution is 2.36. The van der Waals surface area contributed by atoms with E-state index >= 15 is 0 Å². The lowest BCUT2D eigenvalue weighted by atomic mass is 9.98. The van der Waals surface area contributed by atoms with Gasteiger partial charge in [0.1, 0.15) is 12.6 Å². The van der Waals surface area contributed by atoms with Crippen LogP contribution in [0.5, 0.6) is 0 Å². The summed E-state index contributed by atoms with van der Waals surface area (Å²) in [7, 11) is -3.37. The normalized spacial score (nSPS) is 19.1. The Labute approximate surface area is 128 Å². The van der Waals surface area contributed by atoms with Gasteiger partial charge in [-0.2, -0.15) is 0 Å². The van der Waals surface area contributed by atoms with Crippen molar-refractivity contribution in [1.29, 1.82) is 0 Å². The molecule has 22 heavy (non-hydrogen) atoms. The van der Waals surface area contributed by atoms with Crippen LogP contribution in [0.25, 0.3) is 0 Å². The molecule has 0 radical (unpaired) electrons. The van der Waals surface area contributed by atoms with E-state index in [9.17, 15) is 17.2 Å². The molecule has 1 atom stereocenters. The molecule has 0 aliphatic carbocycles. The maximum atomic E-state index is 14.2. The lowest BCUT2D eigenvalue weighted by molar-refractivity contribution is -0.118. The van der Waals surface area contributed by atoms with E-state index in [0.29, 0.717) is 31.7 Å². The first kappa shape index (κ1) is 17.3. The zero-order valence-electron chi connectivity index (χ0n) is 12.3. The van der Waals surface area contributed by atoms with Crippen molar-refractivity contribution in [2.45, 2.75) is 16.9 Å². The predicted octanol–water partition coefficient (Wildman–Crippen LogP) is 0.664. The molecule has 0 bridgehead atoms. The Bertz CT molecular complexity index is 599. The largest absolute Gasteiger partial charge is 0.390 e. The molecule has 1 aliphatic heterocycles. The maximum Gasteiger partial charge on any atom is 0.289 e. The van der Waals surface area contributed by atoms with Gasteiger partial charge in [-0.05, 0) is 17.7 Å². The van der Waals surface area contributed by atoms with Crippen LogP contribution in [0.1, 0.15) is 11.6 Å². The second-order valence-electron chi connectivity index (χ2n) is 5.45. The summed E-state index contributed by atoms with van der Waals surface area (Å²) in [5.74, 6) is -3.30. The summed E-state index contributed by atoms with van der Waals surface area (Å²) in [5, 5.41) is 12.1. The van der Waals surface area contributed by atoms with Crippen LogP contribution in [0.4, 0.5) is 8.78 Å². The molecule has 0 amide bonds. The number of benzene rings is 1.